The highest BCUT2D eigenvalue weighted by atomic mass is 32.1. The van der Waals surface area contributed by atoms with Crippen LogP contribution in [0, 0.1) is 0 Å². The van der Waals surface area contributed by atoms with Gasteiger partial charge in [-0.2, -0.15) is 0 Å². The molecular formula is C19H16N2O2S. The van der Waals surface area contributed by atoms with Crippen molar-refractivity contribution in [3.05, 3.63) is 70.7 Å². The van der Waals surface area contributed by atoms with Gasteiger partial charge in [0.05, 0.1) is 5.69 Å². The molecule has 4 rings (SSSR count). The summed E-state index contributed by atoms with van der Waals surface area (Å²) in [5, 5.41) is 3.57. The van der Waals surface area contributed by atoms with E-state index >= 15 is 0 Å². The lowest BCUT2D eigenvalue weighted by Crippen LogP contribution is -2.11. The van der Waals surface area contributed by atoms with Crippen LogP contribution in [0.1, 0.15) is 27.3 Å². The molecule has 4 nitrogen and oxygen atoms in total. The molecule has 0 saturated carbocycles. The molecule has 1 aliphatic carbocycles. The molecule has 1 N–H and O–H groups in total. The van der Waals surface area contributed by atoms with Gasteiger partial charge in [0, 0.05) is 10.4 Å². The number of fused-ring (bicyclic) bond motifs is 1. The van der Waals surface area contributed by atoms with Crippen LogP contribution in [0.5, 0.6) is 11.5 Å². The van der Waals surface area contributed by atoms with Gasteiger partial charge >= 0.3 is 0 Å². The van der Waals surface area contributed by atoms with Gasteiger partial charge in [0.1, 0.15) is 11.5 Å². The summed E-state index contributed by atoms with van der Waals surface area (Å²) in [4.78, 5) is 18.2. The van der Waals surface area contributed by atoms with Crippen molar-refractivity contribution in [2.24, 2.45) is 0 Å². The van der Waals surface area contributed by atoms with E-state index in [9.17, 15) is 4.79 Å². The molecule has 24 heavy (non-hydrogen) atoms. The van der Waals surface area contributed by atoms with Crippen molar-refractivity contribution in [1.29, 1.82) is 0 Å². The fourth-order valence-electron chi connectivity index (χ4n) is 2.74. The minimum atomic E-state index is -0.166. The first kappa shape index (κ1) is 14.9. The SMILES string of the molecule is O=C(Nc1nc2c(s1)CCC2)c1cccc(Oc2ccccc2)c1. The summed E-state index contributed by atoms with van der Waals surface area (Å²) >= 11 is 1.58. The molecule has 120 valence electrons. The van der Waals surface area contributed by atoms with Gasteiger partial charge in [0.2, 0.25) is 0 Å². The van der Waals surface area contributed by atoms with Crippen molar-refractivity contribution in [3.8, 4) is 11.5 Å². The third-order valence-electron chi connectivity index (χ3n) is 3.89. The Hall–Kier alpha value is -2.66. The number of amides is 1. The summed E-state index contributed by atoms with van der Waals surface area (Å²) in [6.07, 6.45) is 3.26. The summed E-state index contributed by atoms with van der Waals surface area (Å²) in [6, 6.07) is 16.7. The topological polar surface area (TPSA) is 51.2 Å². The summed E-state index contributed by atoms with van der Waals surface area (Å²) in [7, 11) is 0. The Balaban J connectivity index is 1.48. The fraction of sp³-hybridized carbons (Fsp3) is 0.158. The zero-order valence-electron chi connectivity index (χ0n) is 13.0. The Kier molecular flexibility index (Phi) is 4.01. The molecule has 1 aliphatic rings. The van der Waals surface area contributed by atoms with Crippen LogP contribution >= 0.6 is 11.3 Å². The van der Waals surface area contributed by atoms with Crippen LogP contribution in [-0.4, -0.2) is 10.9 Å². The largest absolute Gasteiger partial charge is 0.457 e. The first-order chi connectivity index (χ1) is 11.8. The maximum Gasteiger partial charge on any atom is 0.257 e. The number of carbonyl (C=O) groups excluding carboxylic acids is 1. The van der Waals surface area contributed by atoms with Crippen LogP contribution in [-0.2, 0) is 12.8 Å². The normalized spacial score (nSPS) is 12.7. The predicted octanol–water partition coefficient (Wildman–Crippen LogP) is 4.68. The van der Waals surface area contributed by atoms with E-state index in [0.717, 1.165) is 24.3 Å². The number of anilines is 1. The van der Waals surface area contributed by atoms with Crippen LogP contribution < -0.4 is 10.1 Å². The second-order valence-electron chi connectivity index (χ2n) is 5.64. The number of hydrogen-bond acceptors (Lipinski definition) is 4. The van der Waals surface area contributed by atoms with E-state index in [1.54, 1.807) is 23.5 Å². The highest BCUT2D eigenvalue weighted by Crippen LogP contribution is 2.30. The smallest absolute Gasteiger partial charge is 0.257 e. The molecule has 0 fully saturated rings. The highest BCUT2D eigenvalue weighted by molar-refractivity contribution is 7.16. The van der Waals surface area contributed by atoms with Gasteiger partial charge < -0.3 is 4.74 Å². The number of thiazole rings is 1. The number of carbonyl (C=O) groups is 1. The lowest BCUT2D eigenvalue weighted by atomic mass is 10.2. The highest BCUT2D eigenvalue weighted by Gasteiger charge is 2.18. The Morgan fingerprint density at radius 3 is 2.71 bits per heavy atom. The zero-order chi connectivity index (χ0) is 16.4. The number of nitrogens with zero attached hydrogens (tertiary/aromatic N) is 1. The number of rotatable bonds is 4. The molecule has 0 aliphatic heterocycles. The fourth-order valence-corrected chi connectivity index (χ4v) is 3.78. The number of aryl methyl sites for hydroxylation is 2. The Bertz CT molecular complexity index is 853. The minimum Gasteiger partial charge on any atom is -0.457 e. The van der Waals surface area contributed by atoms with Gasteiger partial charge in [0.25, 0.3) is 5.91 Å². The number of para-hydroxylation sites is 1. The molecule has 0 saturated heterocycles. The molecular weight excluding hydrogens is 320 g/mol. The van der Waals surface area contributed by atoms with Crippen molar-refractivity contribution in [1.82, 2.24) is 4.98 Å². The van der Waals surface area contributed by atoms with E-state index in [-0.39, 0.29) is 5.91 Å². The average molecular weight is 336 g/mol. The number of aromatic nitrogens is 1. The first-order valence-corrected chi connectivity index (χ1v) is 8.72. The summed E-state index contributed by atoms with van der Waals surface area (Å²) in [5.41, 5.74) is 1.69. The third-order valence-corrected chi connectivity index (χ3v) is 4.96. The van der Waals surface area contributed by atoms with Crippen molar-refractivity contribution >= 4 is 22.4 Å². The lowest BCUT2D eigenvalue weighted by Gasteiger charge is -2.07. The number of hydrogen-bond donors (Lipinski definition) is 1. The Labute approximate surface area is 144 Å². The van der Waals surface area contributed by atoms with Crippen LogP contribution in [0.2, 0.25) is 0 Å². The molecule has 1 heterocycles. The quantitative estimate of drug-likeness (QED) is 0.753. The second-order valence-corrected chi connectivity index (χ2v) is 6.72. The molecule has 0 atom stereocenters. The van der Waals surface area contributed by atoms with Crippen molar-refractivity contribution in [3.63, 3.8) is 0 Å². The molecule has 1 aromatic heterocycles. The lowest BCUT2D eigenvalue weighted by molar-refractivity contribution is 0.102. The standard InChI is InChI=1S/C19H16N2O2S/c22-18(21-19-20-16-10-5-11-17(16)24-19)13-6-4-9-15(12-13)23-14-7-2-1-3-8-14/h1-4,6-9,12H,5,10-11H2,(H,20,21,22). The van der Waals surface area contributed by atoms with Crippen molar-refractivity contribution in [2.45, 2.75) is 19.3 Å². The Morgan fingerprint density at radius 2 is 1.88 bits per heavy atom. The van der Waals surface area contributed by atoms with Gasteiger partial charge in [-0.05, 0) is 49.6 Å². The molecule has 2 aromatic carbocycles. The number of ether oxygens (including phenoxy) is 1. The van der Waals surface area contributed by atoms with Gasteiger partial charge in [0.15, 0.2) is 5.13 Å². The maximum absolute atomic E-state index is 12.4. The van der Waals surface area contributed by atoms with Crippen LogP contribution in [0.25, 0.3) is 0 Å². The molecule has 0 unspecified atom stereocenters. The third kappa shape index (κ3) is 3.16. The van der Waals surface area contributed by atoms with Gasteiger partial charge in [-0.15, -0.1) is 11.3 Å². The summed E-state index contributed by atoms with van der Waals surface area (Å²) < 4.78 is 5.78. The molecule has 0 spiro atoms. The van der Waals surface area contributed by atoms with Gasteiger partial charge in [-0.3, -0.25) is 10.1 Å². The van der Waals surface area contributed by atoms with E-state index in [2.05, 4.69) is 10.3 Å². The average Bonchev–Trinajstić information content (AvgIpc) is 3.17. The van der Waals surface area contributed by atoms with E-state index in [1.807, 2.05) is 42.5 Å². The molecule has 3 aromatic rings. The molecule has 5 heteroatoms. The van der Waals surface area contributed by atoms with E-state index in [4.69, 9.17) is 4.74 Å². The molecule has 0 bridgehead atoms. The minimum absolute atomic E-state index is 0.166. The maximum atomic E-state index is 12.4. The Morgan fingerprint density at radius 1 is 1.04 bits per heavy atom. The number of benzene rings is 2. The summed E-state index contributed by atoms with van der Waals surface area (Å²) in [6.45, 7) is 0. The first-order valence-electron chi connectivity index (χ1n) is 7.91. The van der Waals surface area contributed by atoms with Crippen LogP contribution in [0.3, 0.4) is 0 Å². The predicted molar refractivity (Wildman–Crippen MR) is 95.1 cm³/mol. The van der Waals surface area contributed by atoms with Crippen molar-refractivity contribution in [2.75, 3.05) is 5.32 Å². The van der Waals surface area contributed by atoms with Crippen molar-refractivity contribution < 1.29 is 9.53 Å². The van der Waals surface area contributed by atoms with Crippen LogP contribution in [0.4, 0.5) is 5.13 Å². The van der Waals surface area contributed by atoms with E-state index < -0.39 is 0 Å². The van der Waals surface area contributed by atoms with Gasteiger partial charge in [-0.25, -0.2) is 4.98 Å². The summed E-state index contributed by atoms with van der Waals surface area (Å²) in [5.74, 6) is 1.21. The van der Waals surface area contributed by atoms with E-state index in [0.29, 0.717) is 16.4 Å². The molecule has 0 radical (unpaired) electrons. The zero-order valence-corrected chi connectivity index (χ0v) is 13.8. The van der Waals surface area contributed by atoms with Crippen LogP contribution in [0.15, 0.2) is 54.6 Å². The van der Waals surface area contributed by atoms with E-state index in [1.165, 1.54) is 11.3 Å². The second kappa shape index (κ2) is 6.45. The number of nitrogens with one attached hydrogen (secondary N) is 1. The molecule has 1 amide bonds. The van der Waals surface area contributed by atoms with Gasteiger partial charge in [-0.1, -0.05) is 24.3 Å². The monoisotopic (exact) mass is 336 g/mol.